The number of hydrogen-bond acceptors (Lipinski definition) is 7. The zero-order valence-corrected chi connectivity index (χ0v) is 13.7. The van der Waals surface area contributed by atoms with Gasteiger partial charge in [-0.15, -0.1) is 0 Å². The first kappa shape index (κ1) is 15.8. The molecule has 2 aromatic heterocycles. The van der Waals surface area contributed by atoms with Crippen molar-refractivity contribution in [1.82, 2.24) is 15.3 Å². The van der Waals surface area contributed by atoms with Gasteiger partial charge in [-0.25, -0.2) is 4.79 Å². The minimum atomic E-state index is -0.401. The minimum Gasteiger partial charge on any atom is -0.465 e. The second kappa shape index (κ2) is 6.64. The van der Waals surface area contributed by atoms with Gasteiger partial charge in [-0.05, 0) is 12.1 Å². The van der Waals surface area contributed by atoms with Gasteiger partial charge in [0.1, 0.15) is 0 Å². The van der Waals surface area contributed by atoms with E-state index in [1.54, 1.807) is 30.3 Å². The van der Waals surface area contributed by atoms with Crippen LogP contribution in [0.25, 0.3) is 34.3 Å². The van der Waals surface area contributed by atoms with Gasteiger partial charge in [-0.3, -0.25) is 0 Å². The van der Waals surface area contributed by atoms with Crippen LogP contribution in [-0.2, 0) is 4.74 Å². The van der Waals surface area contributed by atoms with Gasteiger partial charge < -0.3 is 13.8 Å². The van der Waals surface area contributed by atoms with Gasteiger partial charge in [0, 0.05) is 17.2 Å². The molecule has 4 rings (SSSR count). The molecule has 0 saturated carbocycles. The van der Waals surface area contributed by atoms with E-state index in [1.165, 1.54) is 7.11 Å². The first-order chi connectivity index (χ1) is 12.7. The van der Waals surface area contributed by atoms with E-state index in [-0.39, 0.29) is 5.89 Å². The molecule has 0 aliphatic heterocycles. The molecular weight excluding hydrogens is 334 g/mol. The van der Waals surface area contributed by atoms with Crippen molar-refractivity contribution < 1.29 is 18.6 Å². The molecule has 0 aliphatic rings. The van der Waals surface area contributed by atoms with E-state index in [4.69, 9.17) is 9.05 Å². The van der Waals surface area contributed by atoms with Crippen LogP contribution in [0.3, 0.4) is 0 Å². The Morgan fingerprint density at radius 3 is 2.42 bits per heavy atom. The Morgan fingerprint density at radius 1 is 0.923 bits per heavy atom. The number of methoxy groups -OCH3 is 1. The summed E-state index contributed by atoms with van der Waals surface area (Å²) in [6.45, 7) is 0. The van der Waals surface area contributed by atoms with Gasteiger partial charge >= 0.3 is 5.97 Å². The summed E-state index contributed by atoms with van der Waals surface area (Å²) in [6.07, 6.45) is 0. The molecule has 0 bridgehead atoms. The zero-order chi connectivity index (χ0) is 17.9. The van der Waals surface area contributed by atoms with Gasteiger partial charge in [0.05, 0.1) is 12.7 Å². The number of benzene rings is 2. The van der Waals surface area contributed by atoms with Crippen LogP contribution in [0.15, 0.2) is 69.7 Å². The normalized spacial score (nSPS) is 10.7. The monoisotopic (exact) mass is 347 g/mol. The number of nitrogens with zero attached hydrogens (tertiary/aromatic N) is 3. The predicted molar refractivity (Wildman–Crippen MR) is 92.0 cm³/mol. The highest BCUT2D eigenvalue weighted by molar-refractivity contribution is 5.89. The highest BCUT2D eigenvalue weighted by atomic mass is 16.5. The molecule has 0 unspecified atom stereocenters. The van der Waals surface area contributed by atoms with E-state index in [2.05, 4.69) is 20.0 Å². The van der Waals surface area contributed by atoms with Crippen molar-refractivity contribution in [2.45, 2.75) is 0 Å². The molecular formula is C19H13N3O4. The summed E-state index contributed by atoms with van der Waals surface area (Å²) >= 11 is 0. The smallest absolute Gasteiger partial charge is 0.337 e. The molecule has 0 radical (unpaired) electrons. The molecule has 0 saturated heterocycles. The summed E-state index contributed by atoms with van der Waals surface area (Å²) in [5.74, 6) is 0.854. The molecule has 2 aromatic carbocycles. The topological polar surface area (TPSA) is 91.2 Å². The number of carbonyl (C=O) groups is 1. The number of esters is 1. The van der Waals surface area contributed by atoms with E-state index >= 15 is 0 Å². The van der Waals surface area contributed by atoms with Crippen LogP contribution in [0.5, 0.6) is 0 Å². The standard InChI is InChI=1S/C19H13N3O4/c1-24-19(23)14-9-7-13(8-10-14)17-20-18(26-22-17)15-11-16(25-21-15)12-5-3-2-4-6-12/h2-11H,1H3. The molecule has 0 spiro atoms. The molecule has 0 N–H and O–H groups in total. The van der Waals surface area contributed by atoms with Gasteiger partial charge in [0.25, 0.3) is 5.89 Å². The van der Waals surface area contributed by atoms with E-state index in [0.717, 1.165) is 5.56 Å². The maximum atomic E-state index is 11.5. The summed E-state index contributed by atoms with van der Waals surface area (Å²) in [5.41, 5.74) is 2.52. The van der Waals surface area contributed by atoms with Crippen LogP contribution in [0.2, 0.25) is 0 Å². The first-order valence-corrected chi connectivity index (χ1v) is 7.79. The zero-order valence-electron chi connectivity index (χ0n) is 13.7. The average molecular weight is 347 g/mol. The van der Waals surface area contributed by atoms with Crippen molar-refractivity contribution in [3.05, 3.63) is 66.2 Å². The third kappa shape index (κ3) is 2.98. The Kier molecular flexibility index (Phi) is 4.03. The minimum absolute atomic E-state index is 0.253. The number of carbonyl (C=O) groups excluding carboxylic acids is 1. The van der Waals surface area contributed by atoms with Crippen molar-refractivity contribution in [3.8, 4) is 34.3 Å². The molecule has 0 amide bonds. The maximum Gasteiger partial charge on any atom is 0.337 e. The lowest BCUT2D eigenvalue weighted by molar-refractivity contribution is 0.0601. The Morgan fingerprint density at radius 2 is 1.69 bits per heavy atom. The summed E-state index contributed by atoms with van der Waals surface area (Å²) in [4.78, 5) is 15.8. The van der Waals surface area contributed by atoms with Gasteiger partial charge in [0.15, 0.2) is 11.5 Å². The third-order valence-electron chi connectivity index (χ3n) is 3.78. The lowest BCUT2D eigenvalue weighted by Gasteiger charge is -1.99. The fraction of sp³-hybridized carbons (Fsp3) is 0.0526. The van der Waals surface area contributed by atoms with Crippen molar-refractivity contribution >= 4 is 5.97 Å². The quantitative estimate of drug-likeness (QED) is 0.518. The second-order valence-corrected chi connectivity index (χ2v) is 5.43. The summed E-state index contributed by atoms with van der Waals surface area (Å²) in [7, 11) is 1.34. The molecule has 128 valence electrons. The summed E-state index contributed by atoms with van der Waals surface area (Å²) in [5, 5.41) is 7.94. The van der Waals surface area contributed by atoms with Gasteiger partial charge in [-0.1, -0.05) is 52.8 Å². The lowest BCUT2D eigenvalue weighted by atomic mass is 10.1. The van der Waals surface area contributed by atoms with Crippen LogP contribution in [-0.4, -0.2) is 28.4 Å². The summed E-state index contributed by atoms with van der Waals surface area (Å²) < 4.78 is 15.3. The second-order valence-electron chi connectivity index (χ2n) is 5.43. The van der Waals surface area contributed by atoms with E-state index in [0.29, 0.717) is 28.4 Å². The van der Waals surface area contributed by atoms with Crippen molar-refractivity contribution in [1.29, 1.82) is 0 Å². The fourth-order valence-corrected chi connectivity index (χ4v) is 2.43. The van der Waals surface area contributed by atoms with E-state index < -0.39 is 5.97 Å². The molecule has 26 heavy (non-hydrogen) atoms. The Balaban J connectivity index is 1.59. The van der Waals surface area contributed by atoms with Crippen molar-refractivity contribution in [2.24, 2.45) is 0 Å². The van der Waals surface area contributed by atoms with Crippen LogP contribution in [0.1, 0.15) is 10.4 Å². The van der Waals surface area contributed by atoms with E-state index in [1.807, 2.05) is 30.3 Å². The van der Waals surface area contributed by atoms with E-state index in [9.17, 15) is 4.79 Å². The fourth-order valence-electron chi connectivity index (χ4n) is 2.43. The SMILES string of the molecule is COC(=O)c1ccc(-c2noc(-c3cc(-c4ccccc4)on3)n2)cc1. The predicted octanol–water partition coefficient (Wildman–Crippen LogP) is 3.85. The van der Waals surface area contributed by atoms with Gasteiger partial charge in [0.2, 0.25) is 5.82 Å². The molecule has 7 heteroatoms. The number of aromatic nitrogens is 3. The number of ether oxygens (including phenoxy) is 1. The Labute approximate surface area is 148 Å². The molecule has 0 atom stereocenters. The maximum absolute atomic E-state index is 11.5. The van der Waals surface area contributed by atoms with Crippen LogP contribution < -0.4 is 0 Å². The largest absolute Gasteiger partial charge is 0.465 e. The Bertz CT molecular complexity index is 1040. The average Bonchev–Trinajstić information content (AvgIpc) is 3.38. The van der Waals surface area contributed by atoms with Crippen LogP contribution in [0, 0.1) is 0 Å². The molecule has 4 aromatic rings. The lowest BCUT2D eigenvalue weighted by Crippen LogP contribution is -2.00. The first-order valence-electron chi connectivity index (χ1n) is 7.79. The highest BCUT2D eigenvalue weighted by Crippen LogP contribution is 2.26. The molecule has 0 fully saturated rings. The Hall–Kier alpha value is -3.74. The highest BCUT2D eigenvalue weighted by Gasteiger charge is 2.16. The molecule has 2 heterocycles. The third-order valence-corrected chi connectivity index (χ3v) is 3.78. The van der Waals surface area contributed by atoms with Gasteiger partial charge in [-0.2, -0.15) is 4.98 Å². The van der Waals surface area contributed by atoms with Crippen molar-refractivity contribution in [3.63, 3.8) is 0 Å². The number of hydrogen-bond donors (Lipinski definition) is 0. The molecule has 7 nitrogen and oxygen atoms in total. The van der Waals surface area contributed by atoms with Crippen LogP contribution in [0.4, 0.5) is 0 Å². The molecule has 0 aliphatic carbocycles. The van der Waals surface area contributed by atoms with Crippen molar-refractivity contribution in [2.75, 3.05) is 7.11 Å². The number of rotatable bonds is 4. The summed E-state index contributed by atoms with van der Waals surface area (Å²) in [6, 6.07) is 18.1. The van der Waals surface area contributed by atoms with Crippen LogP contribution >= 0.6 is 0 Å².